The SMILES string of the molecule is CC(C)(C)c1cc(N2[CH-]N(c3[c-]c([Si](c4[c-]c5c(cc4)c4cc(-c6ccccc6)ccc4n5-c4cc(C(C)(c5ccccc5)c5ccccc5)ccn4)(c4ccccc4)c4ccccc4)ccc3)c3ccccc32)cc(C(C)(C)C)c1.[Pt]. The Morgan fingerprint density at radius 3 is 1.54 bits per heavy atom. The molecule has 0 N–H and O–H groups in total. The maximum absolute atomic E-state index is 5.30. The van der Waals surface area contributed by atoms with E-state index >= 15 is 0 Å². The fraction of sp³-hybridized carbons (Fsp3) is 0.132. The molecule has 0 atom stereocenters. The molecule has 82 heavy (non-hydrogen) atoms. The number of fused-ring (bicyclic) bond motifs is 4. The molecule has 13 rings (SSSR count). The predicted octanol–water partition coefficient (Wildman–Crippen LogP) is 16.2. The summed E-state index contributed by atoms with van der Waals surface area (Å²) >= 11 is 0. The quantitative estimate of drug-likeness (QED) is 0.0733. The molecule has 0 spiro atoms. The molecule has 406 valence electrons. The van der Waals surface area contributed by atoms with Gasteiger partial charge >= 0.3 is 0 Å². The van der Waals surface area contributed by atoms with Crippen molar-refractivity contribution in [3.63, 3.8) is 0 Å². The Kier molecular flexibility index (Phi) is 14.2. The number of rotatable bonds is 11. The second kappa shape index (κ2) is 21.5. The average Bonchev–Trinajstić information content (AvgIpc) is 3.93. The third-order valence-electron chi connectivity index (χ3n) is 16.9. The van der Waals surface area contributed by atoms with Gasteiger partial charge in [-0.25, -0.2) is 4.98 Å². The maximum Gasteiger partial charge on any atom is 0.135 e. The molecule has 0 radical (unpaired) electrons. The van der Waals surface area contributed by atoms with Gasteiger partial charge in [-0.05, 0) is 115 Å². The van der Waals surface area contributed by atoms with Crippen molar-refractivity contribution in [3.8, 4) is 16.9 Å². The summed E-state index contributed by atoms with van der Waals surface area (Å²) in [6, 6.07) is 102. The Hall–Kier alpha value is -8.34. The molecule has 0 aliphatic carbocycles. The standard InChI is InChI=1S/C76H65N4Si.Pt/c1-74(2,3)59-47-60(75(4,5)6)49-62(48-59)79-53-78(70-38-23-24-39-71(70)79)61-32-25-37-65(51-61)81(63-33-19-11-20-34-63,64-35-21-12-22-36-64)66-41-42-67-68-46-55(54-26-13-8-14-27-54)40-43-69(68)80(72(67)52-66)73-50-58(44-45-77-73)76(7,56-28-15-9-16-29-56)57-30-17-10-18-31-57;/h8-50,53H,1-7H3;/q-3;. The zero-order valence-electron chi connectivity index (χ0n) is 47.5. The van der Waals surface area contributed by atoms with Crippen molar-refractivity contribution in [2.45, 2.75) is 64.7 Å². The van der Waals surface area contributed by atoms with Gasteiger partial charge in [-0.2, -0.15) is 52.8 Å². The first-order valence-electron chi connectivity index (χ1n) is 28.3. The number of pyridine rings is 1. The Bertz CT molecular complexity index is 4130. The van der Waals surface area contributed by atoms with E-state index in [0.717, 1.165) is 71.9 Å². The van der Waals surface area contributed by atoms with Crippen LogP contribution in [-0.4, -0.2) is 17.6 Å². The normalized spacial score (nSPS) is 12.9. The van der Waals surface area contributed by atoms with Crippen LogP contribution < -0.4 is 30.5 Å². The first kappa shape index (κ1) is 54.3. The summed E-state index contributed by atoms with van der Waals surface area (Å²) in [5.41, 5.74) is 14.4. The molecule has 6 heteroatoms. The van der Waals surface area contributed by atoms with Gasteiger partial charge in [0.1, 0.15) is 13.9 Å². The molecule has 3 heterocycles. The van der Waals surface area contributed by atoms with Crippen molar-refractivity contribution < 1.29 is 21.1 Å². The molecule has 0 bridgehead atoms. The molecule has 12 aromatic rings. The Morgan fingerprint density at radius 2 is 0.951 bits per heavy atom. The van der Waals surface area contributed by atoms with Crippen molar-refractivity contribution >= 4 is 73.4 Å². The minimum atomic E-state index is -3.29. The zero-order valence-corrected chi connectivity index (χ0v) is 50.8. The minimum absolute atomic E-state index is 0. The smallest absolute Gasteiger partial charge is 0.135 e. The van der Waals surface area contributed by atoms with E-state index in [1.807, 2.05) is 6.20 Å². The van der Waals surface area contributed by atoms with E-state index in [-0.39, 0.29) is 31.9 Å². The summed E-state index contributed by atoms with van der Waals surface area (Å²) in [7, 11) is -3.29. The van der Waals surface area contributed by atoms with Gasteiger partial charge < -0.3 is 14.4 Å². The fourth-order valence-corrected chi connectivity index (χ4v) is 16.9. The third-order valence-corrected chi connectivity index (χ3v) is 21.5. The molecule has 0 saturated heterocycles. The number of nitrogens with zero attached hydrogens (tertiary/aromatic N) is 4. The molecule has 0 amide bonds. The van der Waals surface area contributed by atoms with E-state index in [1.54, 1.807) is 0 Å². The van der Waals surface area contributed by atoms with Gasteiger partial charge in [0, 0.05) is 55.3 Å². The van der Waals surface area contributed by atoms with Crippen LogP contribution in [0.2, 0.25) is 0 Å². The number of hydrogen-bond donors (Lipinski definition) is 0. The minimum Gasteiger partial charge on any atom is -0.493 e. The van der Waals surface area contributed by atoms with Crippen molar-refractivity contribution in [2.24, 2.45) is 0 Å². The Balaban J connectivity index is 0.00000665. The third kappa shape index (κ3) is 9.44. The maximum atomic E-state index is 5.30. The topological polar surface area (TPSA) is 24.3 Å². The van der Waals surface area contributed by atoms with Gasteiger partial charge in [0.15, 0.2) is 0 Å². The number of aromatic nitrogens is 2. The van der Waals surface area contributed by atoms with Crippen molar-refractivity contribution in [2.75, 3.05) is 9.80 Å². The number of para-hydroxylation sites is 2. The van der Waals surface area contributed by atoms with Gasteiger partial charge in [-0.1, -0.05) is 229 Å². The van der Waals surface area contributed by atoms with Gasteiger partial charge in [0.2, 0.25) is 0 Å². The first-order chi connectivity index (χ1) is 39.3. The van der Waals surface area contributed by atoms with E-state index in [1.165, 1.54) is 38.2 Å². The van der Waals surface area contributed by atoms with Crippen LogP contribution in [0.3, 0.4) is 0 Å². The van der Waals surface area contributed by atoms with E-state index in [2.05, 4.69) is 336 Å². The second-order valence-corrected chi connectivity index (χ2v) is 27.6. The number of anilines is 4. The predicted molar refractivity (Wildman–Crippen MR) is 343 cm³/mol. The van der Waals surface area contributed by atoms with Crippen LogP contribution in [0.1, 0.15) is 76.3 Å². The van der Waals surface area contributed by atoms with Crippen LogP contribution in [-0.2, 0) is 37.3 Å². The zero-order chi connectivity index (χ0) is 55.5. The van der Waals surface area contributed by atoms with Crippen LogP contribution in [0.15, 0.2) is 261 Å². The first-order valence-corrected chi connectivity index (χ1v) is 30.3. The Morgan fingerprint density at radius 1 is 0.415 bits per heavy atom. The molecule has 0 unspecified atom stereocenters. The summed E-state index contributed by atoms with van der Waals surface area (Å²) in [5, 5.41) is 7.02. The fourth-order valence-electron chi connectivity index (χ4n) is 12.4. The van der Waals surface area contributed by atoms with Crippen molar-refractivity contribution in [1.29, 1.82) is 0 Å². The number of hydrogen-bond acceptors (Lipinski definition) is 3. The number of benzene rings is 10. The van der Waals surface area contributed by atoms with Gasteiger partial charge in [0.05, 0.1) is 0 Å². The van der Waals surface area contributed by atoms with Crippen LogP contribution >= 0.6 is 0 Å². The van der Waals surface area contributed by atoms with Gasteiger partial charge in [0.25, 0.3) is 0 Å². The van der Waals surface area contributed by atoms with E-state index in [9.17, 15) is 0 Å². The van der Waals surface area contributed by atoms with Crippen LogP contribution in [0, 0.1) is 18.8 Å². The summed E-state index contributed by atoms with van der Waals surface area (Å²) in [4.78, 5) is 10.0. The average molecular weight is 1260 g/mol. The van der Waals surface area contributed by atoms with E-state index in [4.69, 9.17) is 4.98 Å². The molecule has 1 aliphatic heterocycles. The van der Waals surface area contributed by atoms with Crippen LogP contribution in [0.4, 0.5) is 22.7 Å². The van der Waals surface area contributed by atoms with Crippen molar-refractivity contribution in [1.82, 2.24) is 9.55 Å². The summed E-state index contributed by atoms with van der Waals surface area (Å²) in [6.45, 7) is 18.5. The monoisotopic (exact) mass is 1260 g/mol. The van der Waals surface area contributed by atoms with Crippen molar-refractivity contribution in [3.05, 3.63) is 308 Å². The van der Waals surface area contributed by atoms with E-state index in [0.29, 0.717) is 0 Å². The molecule has 0 saturated carbocycles. The van der Waals surface area contributed by atoms with Crippen LogP contribution in [0.5, 0.6) is 0 Å². The molecule has 10 aromatic carbocycles. The molecule has 0 fully saturated rings. The molecule has 4 nitrogen and oxygen atoms in total. The second-order valence-electron chi connectivity index (χ2n) is 23.9. The van der Waals surface area contributed by atoms with E-state index < -0.39 is 13.5 Å². The van der Waals surface area contributed by atoms with Gasteiger partial charge in [-0.15, -0.1) is 17.7 Å². The molecular formula is C76H65N4PtSi-3. The molecule has 1 aliphatic rings. The molecule has 2 aromatic heterocycles. The summed E-state index contributed by atoms with van der Waals surface area (Å²) < 4.78 is 2.36. The largest absolute Gasteiger partial charge is 0.493 e. The summed E-state index contributed by atoms with van der Waals surface area (Å²) in [6.07, 6.45) is 1.99. The molecular weight excluding hydrogens is 1190 g/mol. The summed E-state index contributed by atoms with van der Waals surface area (Å²) in [5.74, 6) is 0.835. The van der Waals surface area contributed by atoms with Gasteiger partial charge in [-0.3, -0.25) is 0 Å². The Labute approximate surface area is 499 Å². The van der Waals surface area contributed by atoms with Crippen LogP contribution in [0.25, 0.3) is 38.8 Å².